The van der Waals surface area contributed by atoms with Crippen molar-refractivity contribution in [2.24, 2.45) is 0 Å². The minimum absolute atomic E-state index is 0. The van der Waals surface area contributed by atoms with Crippen LogP contribution in [-0.4, -0.2) is 33.9 Å². The van der Waals surface area contributed by atoms with Crippen LogP contribution in [0.5, 0.6) is 0 Å². The molecule has 0 fully saturated rings. The molecule has 2 aromatic rings. The first-order valence-corrected chi connectivity index (χ1v) is 9.14. The Morgan fingerprint density at radius 2 is 0.706 bits per heavy atom. The largest absolute Gasteiger partial charge is 6.00 e. The summed E-state index contributed by atoms with van der Waals surface area (Å²) in [7, 11) is 0. The molecule has 2 aromatic carbocycles. The van der Waals surface area contributed by atoms with Crippen LogP contribution in [0, 0.1) is 48.2 Å². The van der Waals surface area contributed by atoms with Gasteiger partial charge >= 0.3 is 17.4 Å². The van der Waals surface area contributed by atoms with Gasteiger partial charge in [-0.1, -0.05) is 35.4 Å². The van der Waals surface area contributed by atoms with Crippen LogP contribution in [0.25, 0.3) is 0 Å². The predicted octanol–water partition coefficient (Wildman–Crippen LogP) is 3.47. The third kappa shape index (κ3) is 10.5. The number of hydrogen-bond acceptors (Lipinski definition) is 7. The maximum absolute atomic E-state index is 7.50. The van der Waals surface area contributed by atoms with Crippen LogP contribution >= 0.6 is 0 Å². The Kier molecular flexibility index (Phi) is 24.0. The van der Waals surface area contributed by atoms with E-state index in [9.17, 15) is 0 Å². The second-order valence-corrected chi connectivity index (χ2v) is 6.72. The summed E-state index contributed by atoms with van der Waals surface area (Å²) in [5, 5.41) is 0. The predicted molar refractivity (Wildman–Crippen MR) is 128 cm³/mol. The molecule has 175 valence electrons. The molecule has 0 atom stereocenters. The molecule has 0 aromatic heterocycles. The maximum Gasteiger partial charge on any atom is 6.00 e. The van der Waals surface area contributed by atoms with Gasteiger partial charge in [0, 0.05) is 11.4 Å². The molecule has 1 heterocycles. The Morgan fingerprint density at radius 1 is 0.500 bits per heavy atom. The van der Waals surface area contributed by atoms with Crippen molar-refractivity contribution in [2.75, 3.05) is 9.80 Å². The monoisotopic (exact) mass is 497 g/mol. The fourth-order valence-corrected chi connectivity index (χ4v) is 3.78. The van der Waals surface area contributed by atoms with E-state index in [0.29, 0.717) is 0 Å². The molecule has 0 bridgehead atoms. The second-order valence-electron chi connectivity index (χ2n) is 6.72. The Hall–Kier alpha value is -3.34. The van der Waals surface area contributed by atoms with Crippen molar-refractivity contribution in [1.82, 2.24) is 0 Å². The average Bonchev–Trinajstić information content (AvgIpc) is 3.28. The third-order valence-corrected chi connectivity index (χ3v) is 4.42. The summed E-state index contributed by atoms with van der Waals surface area (Å²) in [4.78, 5) is 42.0. The van der Waals surface area contributed by atoms with E-state index in [2.05, 4.69) is 129 Å². The molecule has 5 radical (unpaired) electrons. The van der Waals surface area contributed by atoms with Crippen LogP contribution in [0.1, 0.15) is 33.4 Å². The van der Waals surface area contributed by atoms with Crippen LogP contribution < -0.4 is 9.80 Å². The zero-order valence-electron chi connectivity index (χ0n) is 19.9. The number of carbonyl (C=O) groups excluding carboxylic acids is 5. The number of benzene rings is 2. The van der Waals surface area contributed by atoms with E-state index in [1.165, 1.54) is 44.8 Å². The molecule has 7 nitrogen and oxygen atoms in total. The van der Waals surface area contributed by atoms with Crippen molar-refractivity contribution >= 4 is 45.3 Å². The number of anilines is 2. The summed E-state index contributed by atoms with van der Waals surface area (Å²) in [5.74, 6) is 0. The summed E-state index contributed by atoms with van der Waals surface area (Å²) in [5.41, 5.74) is 10.4. The zero-order chi connectivity index (χ0) is 26.7. The van der Waals surface area contributed by atoms with Gasteiger partial charge in [-0.3, -0.25) is 0 Å². The van der Waals surface area contributed by atoms with Gasteiger partial charge in [0.15, 0.2) is 0 Å². The van der Waals surface area contributed by atoms with Gasteiger partial charge < -0.3 is 67.7 Å². The van der Waals surface area contributed by atoms with Crippen molar-refractivity contribution < 1.29 is 41.3 Å². The van der Waals surface area contributed by atoms with E-state index >= 15 is 0 Å². The average molecular weight is 497 g/mol. The standard InChI is InChI=1S/C21H25N2.5CO.Cr/c1-14-9-16(3)20(17(4)10-14)22-7-8-23(13-22)21-18(5)11-15(2)12-19(21)6;5*1-2;/h7-13H,1-6H3;;;;;;/q6*-1;+6. The molecule has 0 N–H and O–H groups in total. The number of aryl methyl sites for hydroxylation is 6. The first-order valence-electron chi connectivity index (χ1n) is 9.14. The van der Waals surface area contributed by atoms with Gasteiger partial charge in [-0.15, -0.1) is 6.67 Å². The maximum atomic E-state index is 7.50. The van der Waals surface area contributed by atoms with Crippen LogP contribution in [-0.2, 0) is 41.3 Å². The van der Waals surface area contributed by atoms with Gasteiger partial charge in [0.2, 0.25) is 0 Å². The molecular formula is C26H25CrN2O5. The van der Waals surface area contributed by atoms with Crippen molar-refractivity contribution in [1.29, 1.82) is 0 Å². The number of rotatable bonds is 2. The molecule has 34 heavy (non-hydrogen) atoms. The molecule has 0 spiro atoms. The van der Waals surface area contributed by atoms with Gasteiger partial charge in [-0.25, -0.2) is 0 Å². The molecule has 0 saturated heterocycles. The minimum Gasteiger partial charge on any atom is -0.573 e. The summed E-state index contributed by atoms with van der Waals surface area (Å²) in [6, 6.07) is 8.98. The van der Waals surface area contributed by atoms with Gasteiger partial charge in [-0.05, 0) is 76.2 Å². The smallest absolute Gasteiger partial charge is 0.573 e. The molecule has 1 aliphatic rings. The van der Waals surface area contributed by atoms with E-state index in [-0.39, 0.29) is 17.4 Å². The zero-order valence-corrected chi connectivity index (χ0v) is 21.2. The first kappa shape index (κ1) is 38.0. The molecule has 0 aliphatic carbocycles. The molecular weight excluding hydrogens is 472 g/mol. The summed E-state index contributed by atoms with van der Waals surface area (Å²) < 4.78 is 0. The summed E-state index contributed by atoms with van der Waals surface area (Å²) >= 11 is 0. The van der Waals surface area contributed by atoms with Crippen LogP contribution in [0.2, 0.25) is 0 Å². The third-order valence-electron chi connectivity index (χ3n) is 4.42. The molecule has 3 rings (SSSR count). The number of hydrogen-bond donors (Lipinski definition) is 0. The van der Waals surface area contributed by atoms with E-state index in [1.807, 2.05) is 0 Å². The Bertz CT molecular complexity index is 766. The van der Waals surface area contributed by atoms with Gasteiger partial charge in [0.25, 0.3) is 0 Å². The van der Waals surface area contributed by atoms with Crippen molar-refractivity contribution in [3.05, 3.63) is 76.7 Å². The second kappa shape index (κ2) is 21.5. The summed E-state index contributed by atoms with van der Waals surface area (Å²) in [6.07, 6.45) is 4.28. The van der Waals surface area contributed by atoms with Crippen molar-refractivity contribution in [2.45, 2.75) is 41.5 Å². The first-order chi connectivity index (χ1) is 15.9. The minimum atomic E-state index is 0. The van der Waals surface area contributed by atoms with Crippen LogP contribution in [0.15, 0.2) is 36.7 Å². The van der Waals surface area contributed by atoms with Gasteiger partial charge in [-0.2, -0.15) is 0 Å². The van der Waals surface area contributed by atoms with Gasteiger partial charge in [0.1, 0.15) is 0 Å². The fraction of sp³-hybridized carbons (Fsp3) is 0.231. The summed E-state index contributed by atoms with van der Waals surface area (Å²) in [6.45, 7) is 37.7. The number of nitrogens with zero attached hydrogens (tertiary/aromatic N) is 2. The van der Waals surface area contributed by atoms with E-state index < -0.39 is 0 Å². The Labute approximate surface area is 214 Å². The van der Waals surface area contributed by atoms with Crippen molar-refractivity contribution in [3.8, 4) is 0 Å². The quantitative estimate of drug-likeness (QED) is 0.587. The van der Waals surface area contributed by atoms with Gasteiger partial charge in [0.05, 0.1) is 0 Å². The van der Waals surface area contributed by atoms with Crippen LogP contribution in [0.3, 0.4) is 0 Å². The van der Waals surface area contributed by atoms with Crippen LogP contribution in [0.4, 0.5) is 11.4 Å². The van der Waals surface area contributed by atoms with E-state index in [0.717, 1.165) is 0 Å². The Morgan fingerprint density at radius 3 is 0.912 bits per heavy atom. The van der Waals surface area contributed by atoms with E-state index in [1.54, 1.807) is 0 Å². The normalized spacial score (nSPS) is 10.1. The SMILES string of the molecule is Cc1cc(C)c(N2C=CN(c3c(C)cc(C)cc3C)[CH-]2)c(C)c1.[C-]=O.[C-]=O.[C-]=O.[C-]=O.[C-]=O.[Cr+6]. The Balaban J connectivity index is -0.000000364. The molecule has 0 saturated carbocycles. The molecule has 0 unspecified atom stereocenters. The van der Waals surface area contributed by atoms with E-state index in [4.69, 9.17) is 24.0 Å². The molecule has 0 amide bonds. The molecule has 8 heteroatoms. The fourth-order valence-electron chi connectivity index (χ4n) is 3.78. The topological polar surface area (TPSA) is 91.8 Å². The van der Waals surface area contributed by atoms with Crippen molar-refractivity contribution in [3.63, 3.8) is 0 Å². The molecule has 1 aliphatic heterocycles.